The van der Waals surface area contributed by atoms with Crippen LogP contribution in [-0.4, -0.2) is 60.2 Å². The lowest BCUT2D eigenvalue weighted by molar-refractivity contribution is 0.0224. The molecule has 1 atom stereocenters. The normalized spacial score (nSPS) is 15.8. The zero-order chi connectivity index (χ0) is 26.2. The summed E-state index contributed by atoms with van der Waals surface area (Å²) in [5, 5.41) is 16.8. The van der Waals surface area contributed by atoms with Gasteiger partial charge < -0.3 is 23.6 Å². The first-order valence-electron chi connectivity index (χ1n) is 12.0. The van der Waals surface area contributed by atoms with Gasteiger partial charge >= 0.3 is 6.09 Å². The number of ether oxygens (including phenoxy) is 3. The molecule has 194 valence electrons. The monoisotopic (exact) mass is 507 g/mol. The van der Waals surface area contributed by atoms with Gasteiger partial charge in [-0.1, -0.05) is 11.2 Å². The van der Waals surface area contributed by atoms with E-state index in [1.165, 1.54) is 11.6 Å². The number of hydrogen-bond donors (Lipinski definition) is 0. The van der Waals surface area contributed by atoms with E-state index >= 15 is 0 Å². The maximum Gasteiger partial charge on any atom is 0.410 e. The van der Waals surface area contributed by atoms with Crippen LogP contribution in [0.1, 0.15) is 56.7 Å². The van der Waals surface area contributed by atoms with E-state index in [0.717, 1.165) is 18.4 Å². The highest BCUT2D eigenvalue weighted by atomic mass is 16.6. The molecule has 12 nitrogen and oxygen atoms in total. The Morgan fingerprint density at radius 3 is 2.73 bits per heavy atom. The molecule has 5 heterocycles. The molecule has 1 saturated heterocycles. The summed E-state index contributed by atoms with van der Waals surface area (Å²) in [6.45, 7) is 8.23. The summed E-state index contributed by atoms with van der Waals surface area (Å²) in [7, 11) is 1.53. The fourth-order valence-electron chi connectivity index (χ4n) is 4.19. The Bertz CT molecular complexity index is 1410. The summed E-state index contributed by atoms with van der Waals surface area (Å²) >= 11 is 0. The molecule has 1 aliphatic rings. The van der Waals surface area contributed by atoms with Gasteiger partial charge in [0.15, 0.2) is 17.1 Å². The third-order valence-corrected chi connectivity index (χ3v) is 5.87. The smallest absolute Gasteiger partial charge is 0.410 e. The molecule has 1 fully saturated rings. The molecule has 0 radical (unpaired) electrons. The number of amides is 1. The summed E-state index contributed by atoms with van der Waals surface area (Å²) in [6.07, 6.45) is 3.27. The predicted octanol–water partition coefficient (Wildman–Crippen LogP) is 4.14. The number of likely N-dealkylation sites (tertiary alicyclic amines) is 1. The second-order valence-corrected chi connectivity index (χ2v) is 9.84. The summed E-state index contributed by atoms with van der Waals surface area (Å²) in [4.78, 5) is 19.0. The molecule has 5 rings (SSSR count). The van der Waals surface area contributed by atoms with Gasteiger partial charge in [0, 0.05) is 24.9 Å². The predicted molar refractivity (Wildman–Crippen MR) is 131 cm³/mol. The number of rotatable bonds is 6. The Balaban J connectivity index is 1.31. The van der Waals surface area contributed by atoms with Crippen molar-refractivity contribution in [2.45, 2.75) is 58.8 Å². The van der Waals surface area contributed by atoms with E-state index in [4.69, 9.17) is 18.7 Å². The van der Waals surface area contributed by atoms with Crippen LogP contribution in [0, 0.1) is 6.92 Å². The molecule has 37 heavy (non-hydrogen) atoms. The van der Waals surface area contributed by atoms with Crippen molar-refractivity contribution < 1.29 is 23.5 Å². The Kier molecular flexibility index (Phi) is 6.40. The molecule has 1 unspecified atom stereocenters. The first kappa shape index (κ1) is 24.5. The second kappa shape index (κ2) is 9.68. The van der Waals surface area contributed by atoms with Crippen LogP contribution in [0.25, 0.3) is 17.2 Å². The average Bonchev–Trinajstić information content (AvgIpc) is 3.60. The Labute approximate surface area is 213 Å². The number of fused-ring (bicyclic) bond motifs is 1. The molecule has 0 saturated carbocycles. The number of methoxy groups -OCH3 is 1. The van der Waals surface area contributed by atoms with E-state index in [1.807, 2.05) is 32.9 Å². The maximum absolute atomic E-state index is 12.6. The Morgan fingerprint density at radius 2 is 2.05 bits per heavy atom. The van der Waals surface area contributed by atoms with E-state index in [-0.39, 0.29) is 24.6 Å². The molecule has 0 aromatic carbocycles. The maximum atomic E-state index is 12.6. The molecule has 4 aromatic rings. The van der Waals surface area contributed by atoms with Gasteiger partial charge in [0.1, 0.15) is 18.0 Å². The number of aryl methyl sites for hydroxylation is 1. The number of carbonyl (C=O) groups is 1. The van der Waals surface area contributed by atoms with Crippen LogP contribution in [0.4, 0.5) is 4.79 Å². The second-order valence-electron chi connectivity index (χ2n) is 9.84. The minimum atomic E-state index is -0.538. The van der Waals surface area contributed by atoms with E-state index in [9.17, 15) is 4.79 Å². The summed E-state index contributed by atoms with van der Waals surface area (Å²) in [5.41, 5.74) is 2.11. The van der Waals surface area contributed by atoms with Crippen LogP contribution >= 0.6 is 0 Å². The van der Waals surface area contributed by atoms with Gasteiger partial charge in [-0.15, -0.1) is 15.3 Å². The minimum absolute atomic E-state index is 0.0613. The highest BCUT2D eigenvalue weighted by Crippen LogP contribution is 2.33. The quantitative estimate of drug-likeness (QED) is 0.375. The van der Waals surface area contributed by atoms with E-state index in [1.54, 1.807) is 30.2 Å². The molecular formula is C25H29N7O5. The zero-order valence-corrected chi connectivity index (χ0v) is 21.5. The molecule has 1 aliphatic heterocycles. The van der Waals surface area contributed by atoms with Crippen LogP contribution in [0.3, 0.4) is 0 Å². The van der Waals surface area contributed by atoms with Crippen molar-refractivity contribution in [2.75, 3.05) is 13.7 Å². The third kappa shape index (κ3) is 5.18. The fraction of sp³-hybridized carbons (Fsp3) is 0.440. The molecule has 12 heteroatoms. The van der Waals surface area contributed by atoms with Gasteiger partial charge in [-0.3, -0.25) is 4.98 Å². The molecule has 1 amide bonds. The van der Waals surface area contributed by atoms with Gasteiger partial charge in [-0.2, -0.15) is 4.52 Å². The third-order valence-electron chi connectivity index (χ3n) is 5.87. The van der Waals surface area contributed by atoms with Crippen molar-refractivity contribution in [1.29, 1.82) is 0 Å². The standard InChI is InChI=1S/C25H29N7O5/c1-15-11-18(30-37-15)22-28-27-21-12-20(34-5)23(29-32(21)22)35-14-17-9-8-16(13-26-17)19-7-6-10-31(19)24(33)36-25(2,3)4/h8-9,11-13,19H,6-7,10,14H2,1-5H3. The van der Waals surface area contributed by atoms with Crippen molar-refractivity contribution in [3.05, 3.63) is 47.5 Å². The highest BCUT2D eigenvalue weighted by molar-refractivity contribution is 5.69. The van der Waals surface area contributed by atoms with Gasteiger partial charge in [0.05, 0.1) is 18.8 Å². The summed E-state index contributed by atoms with van der Waals surface area (Å²) in [6, 6.07) is 7.23. The summed E-state index contributed by atoms with van der Waals surface area (Å²) < 4.78 is 23.7. The van der Waals surface area contributed by atoms with E-state index in [2.05, 4.69) is 25.4 Å². The lowest BCUT2D eigenvalue weighted by atomic mass is 10.1. The van der Waals surface area contributed by atoms with Crippen LogP contribution in [0.15, 0.2) is 35.0 Å². The number of hydrogen-bond acceptors (Lipinski definition) is 10. The number of pyridine rings is 1. The minimum Gasteiger partial charge on any atom is -0.491 e. The van der Waals surface area contributed by atoms with Crippen LogP contribution in [-0.2, 0) is 11.3 Å². The zero-order valence-electron chi connectivity index (χ0n) is 21.5. The largest absolute Gasteiger partial charge is 0.491 e. The van der Waals surface area contributed by atoms with Crippen LogP contribution < -0.4 is 9.47 Å². The highest BCUT2D eigenvalue weighted by Gasteiger charge is 2.33. The number of carbonyl (C=O) groups excluding carboxylic acids is 1. The molecule has 0 aliphatic carbocycles. The van der Waals surface area contributed by atoms with Crippen LogP contribution in [0.5, 0.6) is 11.6 Å². The van der Waals surface area contributed by atoms with Crippen molar-refractivity contribution >= 4 is 11.7 Å². The average molecular weight is 508 g/mol. The van der Waals surface area contributed by atoms with Crippen molar-refractivity contribution in [1.82, 2.24) is 34.9 Å². The first-order chi connectivity index (χ1) is 17.7. The molecule has 0 bridgehead atoms. The van der Waals surface area contributed by atoms with Crippen LogP contribution in [0.2, 0.25) is 0 Å². The molecular weight excluding hydrogens is 478 g/mol. The first-order valence-corrected chi connectivity index (χ1v) is 12.0. The number of nitrogens with zero attached hydrogens (tertiary/aromatic N) is 7. The number of aromatic nitrogens is 6. The fourth-order valence-corrected chi connectivity index (χ4v) is 4.19. The van der Waals surface area contributed by atoms with Gasteiger partial charge in [0.2, 0.25) is 5.82 Å². The molecule has 0 N–H and O–H groups in total. The lowest BCUT2D eigenvalue weighted by Gasteiger charge is -2.28. The summed E-state index contributed by atoms with van der Waals surface area (Å²) in [5.74, 6) is 1.75. The van der Waals surface area contributed by atoms with Crippen molar-refractivity contribution in [3.63, 3.8) is 0 Å². The van der Waals surface area contributed by atoms with E-state index < -0.39 is 5.60 Å². The van der Waals surface area contributed by atoms with Crippen molar-refractivity contribution in [2.24, 2.45) is 0 Å². The Morgan fingerprint density at radius 1 is 1.22 bits per heavy atom. The van der Waals surface area contributed by atoms with Gasteiger partial charge in [-0.25, -0.2) is 4.79 Å². The lowest BCUT2D eigenvalue weighted by Crippen LogP contribution is -2.36. The van der Waals surface area contributed by atoms with Gasteiger partial charge in [0.25, 0.3) is 5.88 Å². The molecule has 0 spiro atoms. The van der Waals surface area contributed by atoms with E-state index in [0.29, 0.717) is 40.9 Å². The van der Waals surface area contributed by atoms with Gasteiger partial charge in [-0.05, 0) is 52.2 Å². The SMILES string of the molecule is COc1cc2nnc(-c3cc(C)on3)n2nc1OCc1ccc(C2CCCN2C(=O)OC(C)(C)C)cn1. The van der Waals surface area contributed by atoms with Crippen molar-refractivity contribution in [3.8, 4) is 23.1 Å². The molecule has 4 aromatic heterocycles. The Hall–Kier alpha value is -4.22. The topological polar surface area (TPSA) is 130 Å².